The lowest BCUT2D eigenvalue weighted by Crippen LogP contribution is -2.26. The molecule has 0 amide bonds. The van der Waals surface area contributed by atoms with Crippen molar-refractivity contribution in [1.82, 2.24) is 15.2 Å². The van der Waals surface area contributed by atoms with Gasteiger partial charge >= 0.3 is 0 Å². The fourth-order valence-electron chi connectivity index (χ4n) is 2.53. The Labute approximate surface area is 107 Å². The third-order valence-electron chi connectivity index (χ3n) is 3.71. The van der Waals surface area contributed by atoms with Crippen molar-refractivity contribution in [2.45, 2.75) is 38.6 Å². The molecule has 18 heavy (non-hydrogen) atoms. The van der Waals surface area contributed by atoms with Crippen LogP contribution in [0, 0.1) is 5.92 Å². The van der Waals surface area contributed by atoms with E-state index in [4.69, 9.17) is 0 Å². The van der Waals surface area contributed by atoms with Crippen molar-refractivity contribution in [3.05, 3.63) is 24.3 Å². The number of nitrogens with zero attached hydrogens (tertiary/aromatic N) is 3. The Morgan fingerprint density at radius 2 is 1.72 bits per heavy atom. The molecule has 4 heteroatoms. The van der Waals surface area contributed by atoms with Gasteiger partial charge in [-0.05, 0) is 43.7 Å². The molecule has 0 atom stereocenters. The number of benzene rings is 1. The first kappa shape index (κ1) is 11.4. The van der Waals surface area contributed by atoms with Crippen LogP contribution in [-0.2, 0) is 0 Å². The number of hydrogen-bond donors (Lipinski definition) is 1. The predicted molar refractivity (Wildman–Crippen MR) is 72.4 cm³/mol. The molecule has 0 radical (unpaired) electrons. The van der Waals surface area contributed by atoms with E-state index in [0.29, 0.717) is 12.0 Å². The van der Waals surface area contributed by atoms with Crippen molar-refractivity contribution in [1.29, 1.82) is 0 Å². The SMILES string of the molecule is CC1CCC(Nc2nnc3ccccc3n2)CC1. The van der Waals surface area contributed by atoms with Gasteiger partial charge in [-0.2, -0.15) is 0 Å². The van der Waals surface area contributed by atoms with Gasteiger partial charge < -0.3 is 5.32 Å². The van der Waals surface area contributed by atoms with Crippen LogP contribution in [0.15, 0.2) is 24.3 Å². The van der Waals surface area contributed by atoms with Gasteiger partial charge in [0.25, 0.3) is 0 Å². The number of rotatable bonds is 2. The molecule has 94 valence electrons. The van der Waals surface area contributed by atoms with Crippen molar-refractivity contribution in [2.24, 2.45) is 5.92 Å². The lowest BCUT2D eigenvalue weighted by molar-refractivity contribution is 0.360. The fraction of sp³-hybridized carbons (Fsp3) is 0.500. The molecule has 0 unspecified atom stereocenters. The van der Waals surface area contributed by atoms with E-state index in [1.165, 1.54) is 25.7 Å². The van der Waals surface area contributed by atoms with Crippen LogP contribution in [0.5, 0.6) is 0 Å². The average Bonchev–Trinajstić information content (AvgIpc) is 2.41. The lowest BCUT2D eigenvalue weighted by atomic mass is 9.87. The van der Waals surface area contributed by atoms with Crippen LogP contribution in [-0.4, -0.2) is 21.2 Å². The minimum absolute atomic E-state index is 0.504. The second kappa shape index (κ2) is 4.88. The van der Waals surface area contributed by atoms with Crippen LogP contribution in [0.2, 0.25) is 0 Å². The second-order valence-corrected chi connectivity index (χ2v) is 5.23. The molecule has 3 rings (SSSR count). The average molecular weight is 242 g/mol. The smallest absolute Gasteiger partial charge is 0.243 e. The third kappa shape index (κ3) is 2.42. The van der Waals surface area contributed by atoms with Crippen molar-refractivity contribution in [2.75, 3.05) is 5.32 Å². The Kier molecular flexibility index (Phi) is 3.09. The summed E-state index contributed by atoms with van der Waals surface area (Å²) in [5.74, 6) is 1.52. The molecule has 1 fully saturated rings. The molecule has 1 aromatic heterocycles. The summed E-state index contributed by atoms with van der Waals surface area (Å²) in [5, 5.41) is 11.7. The molecule has 0 bridgehead atoms. The predicted octanol–water partition coefficient (Wildman–Crippen LogP) is 3.02. The maximum absolute atomic E-state index is 4.50. The number of fused-ring (bicyclic) bond motifs is 1. The van der Waals surface area contributed by atoms with Crippen molar-refractivity contribution >= 4 is 17.0 Å². The highest BCUT2D eigenvalue weighted by molar-refractivity contribution is 5.74. The van der Waals surface area contributed by atoms with Crippen LogP contribution in [0.1, 0.15) is 32.6 Å². The van der Waals surface area contributed by atoms with Crippen molar-refractivity contribution < 1.29 is 0 Å². The van der Waals surface area contributed by atoms with Crippen molar-refractivity contribution in [3.63, 3.8) is 0 Å². The highest BCUT2D eigenvalue weighted by Gasteiger charge is 2.18. The molecule has 0 aliphatic heterocycles. The highest BCUT2D eigenvalue weighted by Crippen LogP contribution is 2.25. The van der Waals surface area contributed by atoms with Crippen LogP contribution in [0.25, 0.3) is 11.0 Å². The van der Waals surface area contributed by atoms with Gasteiger partial charge in [-0.1, -0.05) is 19.1 Å². The first-order chi connectivity index (χ1) is 8.81. The highest BCUT2D eigenvalue weighted by atomic mass is 15.2. The van der Waals surface area contributed by atoms with Crippen LogP contribution < -0.4 is 5.32 Å². The topological polar surface area (TPSA) is 50.7 Å². The normalized spacial score (nSPS) is 24.1. The summed E-state index contributed by atoms with van der Waals surface area (Å²) < 4.78 is 0. The van der Waals surface area contributed by atoms with E-state index in [1.54, 1.807) is 0 Å². The Morgan fingerprint density at radius 1 is 1.00 bits per heavy atom. The second-order valence-electron chi connectivity index (χ2n) is 5.23. The molecule has 1 N–H and O–H groups in total. The van der Waals surface area contributed by atoms with E-state index in [-0.39, 0.29) is 0 Å². The van der Waals surface area contributed by atoms with Gasteiger partial charge in [-0.3, -0.25) is 0 Å². The monoisotopic (exact) mass is 242 g/mol. The maximum atomic E-state index is 4.50. The molecule has 1 heterocycles. The van der Waals surface area contributed by atoms with Gasteiger partial charge in [-0.15, -0.1) is 10.2 Å². The summed E-state index contributed by atoms with van der Waals surface area (Å²) in [6.45, 7) is 2.32. The largest absolute Gasteiger partial charge is 0.350 e. The van der Waals surface area contributed by atoms with Gasteiger partial charge in [0, 0.05) is 6.04 Å². The van der Waals surface area contributed by atoms with Gasteiger partial charge in [0.2, 0.25) is 5.95 Å². The van der Waals surface area contributed by atoms with Crippen LogP contribution >= 0.6 is 0 Å². The summed E-state index contributed by atoms with van der Waals surface area (Å²) in [6, 6.07) is 8.33. The third-order valence-corrected chi connectivity index (χ3v) is 3.71. The van der Waals surface area contributed by atoms with Crippen LogP contribution in [0.4, 0.5) is 5.95 Å². The first-order valence-corrected chi connectivity index (χ1v) is 6.67. The molecule has 0 saturated heterocycles. The number of para-hydroxylation sites is 1. The molecule has 1 saturated carbocycles. The van der Waals surface area contributed by atoms with Crippen molar-refractivity contribution in [3.8, 4) is 0 Å². The standard InChI is InChI=1S/C14H18N4/c1-10-6-8-11(9-7-10)15-14-16-12-4-2-3-5-13(12)17-18-14/h2-5,10-11H,6-9H2,1H3,(H,15,16,18). The zero-order chi connectivity index (χ0) is 12.4. The van der Waals surface area contributed by atoms with E-state index in [1.807, 2.05) is 24.3 Å². The summed E-state index contributed by atoms with van der Waals surface area (Å²) in [5.41, 5.74) is 1.75. The fourth-order valence-corrected chi connectivity index (χ4v) is 2.53. The first-order valence-electron chi connectivity index (χ1n) is 6.67. The molecule has 0 spiro atoms. The number of aromatic nitrogens is 3. The van der Waals surface area contributed by atoms with Crippen LogP contribution in [0.3, 0.4) is 0 Å². The van der Waals surface area contributed by atoms with Gasteiger partial charge in [0.15, 0.2) is 0 Å². The molecule has 4 nitrogen and oxygen atoms in total. The number of hydrogen-bond acceptors (Lipinski definition) is 4. The van der Waals surface area contributed by atoms with E-state index < -0.39 is 0 Å². The molecule has 1 aliphatic carbocycles. The molecular formula is C14H18N4. The molecule has 1 aliphatic rings. The van der Waals surface area contributed by atoms with Gasteiger partial charge in [-0.25, -0.2) is 4.98 Å². The zero-order valence-corrected chi connectivity index (χ0v) is 10.6. The van der Waals surface area contributed by atoms with E-state index >= 15 is 0 Å². The minimum atomic E-state index is 0.504. The quantitative estimate of drug-likeness (QED) is 0.879. The number of nitrogens with one attached hydrogen (secondary N) is 1. The Morgan fingerprint density at radius 3 is 2.50 bits per heavy atom. The Balaban J connectivity index is 1.74. The maximum Gasteiger partial charge on any atom is 0.243 e. The lowest BCUT2D eigenvalue weighted by Gasteiger charge is -2.26. The summed E-state index contributed by atoms with van der Waals surface area (Å²) >= 11 is 0. The summed E-state index contributed by atoms with van der Waals surface area (Å²) in [6.07, 6.45) is 4.99. The van der Waals surface area contributed by atoms with E-state index in [0.717, 1.165) is 17.0 Å². The molecule has 2 aromatic rings. The molecule has 1 aromatic carbocycles. The van der Waals surface area contributed by atoms with E-state index in [2.05, 4.69) is 27.4 Å². The van der Waals surface area contributed by atoms with Gasteiger partial charge in [0.05, 0.1) is 5.52 Å². The Hall–Kier alpha value is -1.71. The summed E-state index contributed by atoms with van der Waals surface area (Å²) in [7, 11) is 0. The van der Waals surface area contributed by atoms with Gasteiger partial charge in [0.1, 0.15) is 5.52 Å². The number of anilines is 1. The Bertz CT molecular complexity index is 532. The summed E-state index contributed by atoms with van der Waals surface area (Å²) in [4.78, 5) is 4.50. The molecular weight excluding hydrogens is 224 g/mol. The van der Waals surface area contributed by atoms with E-state index in [9.17, 15) is 0 Å². The minimum Gasteiger partial charge on any atom is -0.350 e. The zero-order valence-electron chi connectivity index (χ0n) is 10.6.